The van der Waals surface area contributed by atoms with Gasteiger partial charge in [-0.2, -0.15) is 0 Å². The molecule has 0 radical (unpaired) electrons. The summed E-state index contributed by atoms with van der Waals surface area (Å²) in [7, 11) is 0. The normalized spacial score (nSPS) is 18.4. The van der Waals surface area contributed by atoms with Crippen molar-refractivity contribution in [3.05, 3.63) is 24.0 Å². The second-order valence-electron chi connectivity index (χ2n) is 4.38. The molecule has 4 heteroatoms. The predicted octanol–water partition coefficient (Wildman–Crippen LogP) is 1.63. The van der Waals surface area contributed by atoms with E-state index in [4.69, 9.17) is 0 Å². The van der Waals surface area contributed by atoms with E-state index in [0.29, 0.717) is 12.8 Å². The summed E-state index contributed by atoms with van der Waals surface area (Å²) in [5.41, 5.74) is 0.452. The summed E-state index contributed by atoms with van der Waals surface area (Å²) in [5, 5.41) is 12.8. The first-order valence-electron chi connectivity index (χ1n) is 5.56. The Bertz CT molecular complexity index is 398. The molecule has 86 valence electrons. The topological polar surface area (TPSA) is 62.2 Å². The highest BCUT2D eigenvalue weighted by molar-refractivity contribution is 5.97. The molecule has 1 saturated carbocycles. The first-order valence-corrected chi connectivity index (χ1v) is 5.56. The van der Waals surface area contributed by atoms with Crippen LogP contribution in [-0.4, -0.2) is 21.6 Å². The van der Waals surface area contributed by atoms with Gasteiger partial charge in [0.15, 0.2) is 0 Å². The van der Waals surface area contributed by atoms with Crippen LogP contribution in [0, 0.1) is 6.92 Å². The number of rotatable bonds is 2. The minimum Gasteiger partial charge on any atom is -0.380 e. The van der Waals surface area contributed by atoms with Crippen LogP contribution in [0.4, 0.5) is 5.69 Å². The molecule has 0 aliphatic heterocycles. The minimum absolute atomic E-state index is 0.292. The lowest BCUT2D eigenvalue weighted by atomic mass is 10.0. The third-order valence-corrected chi connectivity index (χ3v) is 3.12. The van der Waals surface area contributed by atoms with Crippen molar-refractivity contribution in [3.8, 4) is 0 Å². The molecule has 0 atom stereocenters. The van der Waals surface area contributed by atoms with E-state index in [1.807, 2.05) is 6.92 Å². The number of carbonyl (C=O) groups is 1. The molecule has 1 aromatic rings. The fraction of sp³-hybridized carbons (Fsp3) is 0.500. The third-order valence-electron chi connectivity index (χ3n) is 3.12. The van der Waals surface area contributed by atoms with E-state index >= 15 is 0 Å². The van der Waals surface area contributed by atoms with Gasteiger partial charge in [-0.1, -0.05) is 0 Å². The SMILES string of the molecule is Cc1cnccc1NC(=O)C1(O)CCCC1. The molecular formula is C12H16N2O2. The standard InChI is InChI=1S/C12H16N2O2/c1-9-8-13-7-4-10(9)14-11(15)12(16)5-2-3-6-12/h4,7-8,16H,2-3,5-6H2,1H3,(H,13,14,15). The Labute approximate surface area is 94.7 Å². The van der Waals surface area contributed by atoms with Crippen LogP contribution < -0.4 is 5.32 Å². The number of nitrogens with one attached hydrogen (secondary N) is 1. The number of hydrogen-bond donors (Lipinski definition) is 2. The Hall–Kier alpha value is -1.42. The molecule has 0 bridgehead atoms. The van der Waals surface area contributed by atoms with Crippen molar-refractivity contribution in [1.29, 1.82) is 0 Å². The lowest BCUT2D eigenvalue weighted by Gasteiger charge is -2.21. The van der Waals surface area contributed by atoms with Crippen molar-refractivity contribution in [1.82, 2.24) is 4.98 Å². The van der Waals surface area contributed by atoms with Gasteiger partial charge in [0.2, 0.25) is 0 Å². The lowest BCUT2D eigenvalue weighted by molar-refractivity contribution is -0.133. The van der Waals surface area contributed by atoms with E-state index in [1.165, 1.54) is 0 Å². The number of aliphatic hydroxyl groups is 1. The Kier molecular flexibility index (Phi) is 2.92. The highest BCUT2D eigenvalue weighted by Crippen LogP contribution is 2.30. The van der Waals surface area contributed by atoms with Gasteiger partial charge in [-0.25, -0.2) is 0 Å². The van der Waals surface area contributed by atoms with Gasteiger partial charge in [0, 0.05) is 18.1 Å². The van der Waals surface area contributed by atoms with Crippen molar-refractivity contribution in [2.45, 2.75) is 38.2 Å². The van der Waals surface area contributed by atoms with Crippen LogP contribution in [0.25, 0.3) is 0 Å². The van der Waals surface area contributed by atoms with Gasteiger partial charge in [-0.3, -0.25) is 9.78 Å². The fourth-order valence-electron chi connectivity index (χ4n) is 2.04. The quantitative estimate of drug-likeness (QED) is 0.796. The maximum atomic E-state index is 11.9. The summed E-state index contributed by atoms with van der Waals surface area (Å²) in [6, 6.07) is 1.74. The van der Waals surface area contributed by atoms with E-state index in [1.54, 1.807) is 18.5 Å². The smallest absolute Gasteiger partial charge is 0.256 e. The molecule has 0 saturated heterocycles. The Morgan fingerprint density at radius 3 is 2.81 bits per heavy atom. The van der Waals surface area contributed by atoms with Crippen LogP contribution in [0.15, 0.2) is 18.5 Å². The second-order valence-corrected chi connectivity index (χ2v) is 4.38. The first-order chi connectivity index (χ1) is 7.62. The zero-order valence-electron chi connectivity index (χ0n) is 9.36. The predicted molar refractivity (Wildman–Crippen MR) is 61.0 cm³/mol. The van der Waals surface area contributed by atoms with Crippen LogP contribution in [0.5, 0.6) is 0 Å². The van der Waals surface area contributed by atoms with E-state index in [0.717, 1.165) is 24.1 Å². The van der Waals surface area contributed by atoms with Crippen LogP contribution in [0.3, 0.4) is 0 Å². The molecule has 1 heterocycles. The van der Waals surface area contributed by atoms with E-state index in [2.05, 4.69) is 10.3 Å². The minimum atomic E-state index is -1.17. The number of aromatic nitrogens is 1. The van der Waals surface area contributed by atoms with Crippen molar-refractivity contribution >= 4 is 11.6 Å². The molecule has 1 fully saturated rings. The monoisotopic (exact) mass is 220 g/mol. The Morgan fingerprint density at radius 1 is 1.50 bits per heavy atom. The van der Waals surface area contributed by atoms with Crippen LogP contribution in [-0.2, 0) is 4.79 Å². The number of carbonyl (C=O) groups excluding carboxylic acids is 1. The number of aryl methyl sites for hydroxylation is 1. The second kappa shape index (κ2) is 4.22. The van der Waals surface area contributed by atoms with Crippen molar-refractivity contribution < 1.29 is 9.90 Å². The van der Waals surface area contributed by atoms with Gasteiger partial charge >= 0.3 is 0 Å². The average Bonchev–Trinajstić information content (AvgIpc) is 2.70. The van der Waals surface area contributed by atoms with Gasteiger partial charge in [0.05, 0.1) is 0 Å². The molecule has 4 nitrogen and oxygen atoms in total. The van der Waals surface area contributed by atoms with E-state index in [9.17, 15) is 9.90 Å². The molecule has 1 aliphatic carbocycles. The van der Waals surface area contributed by atoms with Gasteiger partial charge in [-0.05, 0) is 44.2 Å². The molecule has 16 heavy (non-hydrogen) atoms. The summed E-state index contributed by atoms with van der Waals surface area (Å²) in [6.45, 7) is 1.88. The van der Waals surface area contributed by atoms with Gasteiger partial charge in [0.25, 0.3) is 5.91 Å². The number of nitrogens with zero attached hydrogens (tertiary/aromatic N) is 1. The van der Waals surface area contributed by atoms with E-state index in [-0.39, 0.29) is 5.91 Å². The van der Waals surface area contributed by atoms with Crippen molar-refractivity contribution in [2.24, 2.45) is 0 Å². The molecular weight excluding hydrogens is 204 g/mol. The summed E-state index contributed by atoms with van der Waals surface area (Å²) in [6.07, 6.45) is 6.26. The lowest BCUT2D eigenvalue weighted by Crippen LogP contribution is -2.40. The third kappa shape index (κ3) is 2.07. The maximum Gasteiger partial charge on any atom is 0.256 e. The van der Waals surface area contributed by atoms with Crippen molar-refractivity contribution in [3.63, 3.8) is 0 Å². The summed E-state index contributed by atoms with van der Waals surface area (Å²) < 4.78 is 0. The average molecular weight is 220 g/mol. The highest BCUT2D eigenvalue weighted by Gasteiger charge is 2.38. The number of hydrogen-bond acceptors (Lipinski definition) is 3. The molecule has 1 aromatic heterocycles. The number of pyridine rings is 1. The maximum absolute atomic E-state index is 11.9. The zero-order valence-corrected chi connectivity index (χ0v) is 9.36. The van der Waals surface area contributed by atoms with Crippen molar-refractivity contribution in [2.75, 3.05) is 5.32 Å². The Balaban J connectivity index is 2.10. The van der Waals surface area contributed by atoms with Gasteiger partial charge in [-0.15, -0.1) is 0 Å². The van der Waals surface area contributed by atoms with Crippen LogP contribution >= 0.6 is 0 Å². The number of anilines is 1. The molecule has 0 unspecified atom stereocenters. The highest BCUT2D eigenvalue weighted by atomic mass is 16.3. The summed E-state index contributed by atoms with van der Waals surface area (Å²) >= 11 is 0. The number of amides is 1. The molecule has 1 amide bonds. The van der Waals surface area contributed by atoms with Crippen LogP contribution in [0.2, 0.25) is 0 Å². The Morgan fingerprint density at radius 2 is 2.19 bits per heavy atom. The molecule has 2 rings (SSSR count). The zero-order chi connectivity index (χ0) is 11.6. The molecule has 2 N–H and O–H groups in total. The van der Waals surface area contributed by atoms with Gasteiger partial charge in [0.1, 0.15) is 5.60 Å². The molecule has 1 aliphatic rings. The summed E-state index contributed by atoms with van der Waals surface area (Å²) in [4.78, 5) is 15.9. The molecule has 0 aromatic carbocycles. The van der Waals surface area contributed by atoms with Crippen LogP contribution in [0.1, 0.15) is 31.2 Å². The fourth-order valence-corrected chi connectivity index (χ4v) is 2.04. The summed E-state index contributed by atoms with van der Waals surface area (Å²) in [5.74, 6) is -0.292. The van der Waals surface area contributed by atoms with Gasteiger partial charge < -0.3 is 10.4 Å². The largest absolute Gasteiger partial charge is 0.380 e. The van der Waals surface area contributed by atoms with E-state index < -0.39 is 5.60 Å². The first kappa shape index (κ1) is 11.1. The molecule has 0 spiro atoms.